The summed E-state index contributed by atoms with van der Waals surface area (Å²) in [6.07, 6.45) is 7.31. The number of anilines is 1. The van der Waals surface area contributed by atoms with E-state index in [1.54, 1.807) is 13.4 Å². The van der Waals surface area contributed by atoms with Crippen LogP contribution in [0.2, 0.25) is 0 Å². The molecule has 1 amide bonds. The minimum atomic E-state index is -0.177. The van der Waals surface area contributed by atoms with Gasteiger partial charge >= 0.3 is 0 Å². The lowest BCUT2D eigenvalue weighted by molar-refractivity contribution is -0.116. The Morgan fingerprint density at radius 2 is 2.07 bits per heavy atom. The summed E-state index contributed by atoms with van der Waals surface area (Å²) in [7, 11) is 1.57. The number of fused-ring (bicyclic) bond motifs is 1. The predicted molar refractivity (Wildman–Crippen MR) is 106 cm³/mol. The van der Waals surface area contributed by atoms with Gasteiger partial charge in [-0.3, -0.25) is 9.36 Å². The van der Waals surface area contributed by atoms with E-state index < -0.39 is 0 Å². The van der Waals surface area contributed by atoms with Gasteiger partial charge in [0.25, 0.3) is 0 Å². The molecule has 1 aromatic heterocycles. The van der Waals surface area contributed by atoms with Crippen LogP contribution in [-0.2, 0) is 4.79 Å². The molecule has 1 atom stereocenters. The van der Waals surface area contributed by atoms with E-state index in [0.717, 1.165) is 16.9 Å². The zero-order chi connectivity index (χ0) is 19.5. The maximum Gasteiger partial charge on any atom is 0.226 e. The lowest BCUT2D eigenvalue weighted by Crippen LogP contribution is -2.25. The molecule has 6 nitrogen and oxygen atoms in total. The lowest BCUT2D eigenvalue weighted by atomic mass is 9.89. The number of nitrogens with zero attached hydrogens (tertiary/aromatic N) is 2. The van der Waals surface area contributed by atoms with Crippen LogP contribution in [-0.4, -0.2) is 29.2 Å². The highest BCUT2D eigenvalue weighted by Crippen LogP contribution is 2.40. The first kappa shape index (κ1) is 17.7. The molecule has 0 unspecified atom stereocenters. The van der Waals surface area contributed by atoms with Crippen molar-refractivity contribution in [1.82, 2.24) is 9.55 Å². The van der Waals surface area contributed by atoms with Gasteiger partial charge in [0.15, 0.2) is 11.5 Å². The van der Waals surface area contributed by atoms with E-state index in [0.29, 0.717) is 23.7 Å². The van der Waals surface area contributed by atoms with E-state index in [4.69, 9.17) is 15.9 Å². The Morgan fingerprint density at radius 1 is 1.25 bits per heavy atom. The molecular formula is C22H19N3O3. The fraction of sp³-hybridized carbons (Fsp3) is 0.182. The Bertz CT molecular complexity index is 1050. The molecule has 0 radical (unpaired) electrons. The summed E-state index contributed by atoms with van der Waals surface area (Å²) in [5, 5.41) is 2.96. The fourth-order valence-corrected chi connectivity index (χ4v) is 3.41. The summed E-state index contributed by atoms with van der Waals surface area (Å²) in [4.78, 5) is 17.0. The van der Waals surface area contributed by atoms with E-state index in [-0.39, 0.29) is 18.4 Å². The van der Waals surface area contributed by atoms with Crippen molar-refractivity contribution in [2.75, 3.05) is 19.0 Å². The van der Waals surface area contributed by atoms with Crippen molar-refractivity contribution >= 4 is 11.7 Å². The smallest absolute Gasteiger partial charge is 0.226 e. The van der Waals surface area contributed by atoms with Crippen LogP contribution in [0.5, 0.6) is 11.5 Å². The molecule has 2 heterocycles. The molecule has 2 aromatic carbocycles. The van der Waals surface area contributed by atoms with Gasteiger partial charge in [-0.15, -0.1) is 6.42 Å². The number of ether oxygens (including phenoxy) is 2. The van der Waals surface area contributed by atoms with E-state index in [1.165, 1.54) is 0 Å². The summed E-state index contributed by atoms with van der Waals surface area (Å²) < 4.78 is 12.8. The summed E-state index contributed by atoms with van der Waals surface area (Å²) >= 11 is 0. The van der Waals surface area contributed by atoms with Crippen LogP contribution in [0, 0.1) is 12.3 Å². The average molecular weight is 373 g/mol. The molecule has 4 rings (SSSR count). The molecule has 3 aromatic rings. The Morgan fingerprint density at radius 3 is 2.82 bits per heavy atom. The van der Waals surface area contributed by atoms with Gasteiger partial charge < -0.3 is 14.8 Å². The van der Waals surface area contributed by atoms with Gasteiger partial charge in [0.05, 0.1) is 12.8 Å². The number of rotatable bonds is 5. The van der Waals surface area contributed by atoms with Gasteiger partial charge in [-0.05, 0) is 29.8 Å². The number of amides is 1. The van der Waals surface area contributed by atoms with Crippen molar-refractivity contribution in [2.24, 2.45) is 0 Å². The minimum Gasteiger partial charge on any atom is -0.493 e. The third-order valence-corrected chi connectivity index (χ3v) is 4.71. The number of hydrogen-bond donors (Lipinski definition) is 1. The average Bonchev–Trinajstić information content (AvgIpc) is 3.16. The number of aromatic nitrogens is 2. The molecule has 1 aliphatic heterocycles. The zero-order valence-electron chi connectivity index (χ0n) is 15.4. The second kappa shape index (κ2) is 7.49. The summed E-state index contributed by atoms with van der Waals surface area (Å²) in [5.41, 5.74) is 2.69. The summed E-state index contributed by atoms with van der Waals surface area (Å²) in [6, 6.07) is 15.4. The normalized spacial score (nSPS) is 15.3. The Kier molecular flexibility index (Phi) is 4.73. The van der Waals surface area contributed by atoms with Crippen molar-refractivity contribution in [3.8, 4) is 29.5 Å². The SMILES string of the molecule is C#CCOc1ccc([C@H]2CC(=O)Nc3c2ncn3-c2ccccc2)cc1OC. The number of imidazole rings is 1. The summed E-state index contributed by atoms with van der Waals surface area (Å²) in [6.45, 7) is 0.160. The highest BCUT2D eigenvalue weighted by molar-refractivity contribution is 5.94. The van der Waals surface area contributed by atoms with Crippen molar-refractivity contribution in [3.05, 3.63) is 66.1 Å². The second-order valence-corrected chi connectivity index (χ2v) is 6.39. The number of terminal acetylenes is 1. The van der Waals surface area contributed by atoms with Crippen LogP contribution in [0.1, 0.15) is 23.6 Å². The predicted octanol–water partition coefficient (Wildman–Crippen LogP) is 3.37. The van der Waals surface area contributed by atoms with Gasteiger partial charge in [0.1, 0.15) is 18.8 Å². The van der Waals surface area contributed by atoms with Crippen molar-refractivity contribution in [2.45, 2.75) is 12.3 Å². The third-order valence-electron chi connectivity index (χ3n) is 4.71. The van der Waals surface area contributed by atoms with Crippen molar-refractivity contribution in [1.29, 1.82) is 0 Å². The number of hydrogen-bond acceptors (Lipinski definition) is 4. The van der Waals surface area contributed by atoms with E-state index in [9.17, 15) is 4.79 Å². The van der Waals surface area contributed by atoms with E-state index in [1.807, 2.05) is 53.1 Å². The van der Waals surface area contributed by atoms with Gasteiger partial charge in [-0.2, -0.15) is 0 Å². The Balaban J connectivity index is 1.74. The van der Waals surface area contributed by atoms with Crippen LogP contribution < -0.4 is 14.8 Å². The lowest BCUT2D eigenvalue weighted by Gasteiger charge is -2.24. The van der Waals surface area contributed by atoms with E-state index >= 15 is 0 Å². The van der Waals surface area contributed by atoms with Crippen LogP contribution >= 0.6 is 0 Å². The molecule has 0 fully saturated rings. The molecule has 1 aliphatic rings. The fourth-order valence-electron chi connectivity index (χ4n) is 3.41. The van der Waals surface area contributed by atoms with E-state index in [2.05, 4.69) is 16.2 Å². The van der Waals surface area contributed by atoms with Crippen LogP contribution in [0.3, 0.4) is 0 Å². The molecule has 0 spiro atoms. The first-order valence-corrected chi connectivity index (χ1v) is 8.88. The molecule has 140 valence electrons. The topological polar surface area (TPSA) is 65.4 Å². The molecule has 6 heteroatoms. The molecule has 0 saturated carbocycles. The largest absolute Gasteiger partial charge is 0.493 e. The molecular weight excluding hydrogens is 354 g/mol. The van der Waals surface area contributed by atoms with Gasteiger partial charge in [-0.1, -0.05) is 30.2 Å². The number of nitrogens with one attached hydrogen (secondary N) is 1. The maximum absolute atomic E-state index is 12.4. The first-order chi connectivity index (χ1) is 13.7. The highest BCUT2D eigenvalue weighted by Gasteiger charge is 2.31. The minimum absolute atomic E-state index is 0.0539. The zero-order valence-corrected chi connectivity index (χ0v) is 15.4. The Hall–Kier alpha value is -3.72. The van der Waals surface area contributed by atoms with Gasteiger partial charge in [0.2, 0.25) is 5.91 Å². The standard InChI is InChI=1S/C22H19N3O3/c1-3-11-28-18-10-9-15(12-19(18)27-2)17-13-20(26)24-22-21(17)23-14-25(22)16-7-5-4-6-8-16/h1,4-10,12,14,17H,11,13H2,2H3,(H,24,26)/t17-/m1/s1. The molecule has 0 aliphatic carbocycles. The van der Waals surface area contributed by atoms with Crippen LogP contribution in [0.15, 0.2) is 54.9 Å². The first-order valence-electron chi connectivity index (χ1n) is 8.88. The third kappa shape index (κ3) is 3.19. The van der Waals surface area contributed by atoms with Gasteiger partial charge in [-0.25, -0.2) is 4.98 Å². The molecule has 0 saturated heterocycles. The highest BCUT2D eigenvalue weighted by atomic mass is 16.5. The van der Waals surface area contributed by atoms with Crippen molar-refractivity contribution < 1.29 is 14.3 Å². The van der Waals surface area contributed by atoms with Gasteiger partial charge in [0, 0.05) is 18.0 Å². The molecule has 0 bridgehead atoms. The quantitative estimate of drug-likeness (QED) is 0.697. The number of methoxy groups -OCH3 is 1. The molecule has 1 N–H and O–H groups in total. The Labute approximate surface area is 163 Å². The number of carbonyl (C=O) groups is 1. The monoisotopic (exact) mass is 373 g/mol. The maximum atomic E-state index is 12.4. The second-order valence-electron chi connectivity index (χ2n) is 6.39. The summed E-state index contributed by atoms with van der Waals surface area (Å²) in [5.74, 6) is 4.04. The van der Waals surface area contributed by atoms with Crippen LogP contribution in [0.4, 0.5) is 5.82 Å². The number of para-hydroxylation sites is 1. The van der Waals surface area contributed by atoms with Crippen LogP contribution in [0.25, 0.3) is 5.69 Å². The molecule has 28 heavy (non-hydrogen) atoms. The number of benzene rings is 2. The van der Waals surface area contributed by atoms with Crippen molar-refractivity contribution in [3.63, 3.8) is 0 Å². The number of carbonyl (C=O) groups excluding carboxylic acids is 1.